The van der Waals surface area contributed by atoms with Gasteiger partial charge in [0.05, 0.1) is 6.61 Å². The zero-order chi connectivity index (χ0) is 12.3. The number of likely N-dealkylation sites (tertiary alicyclic amines) is 1. The highest BCUT2D eigenvalue weighted by Crippen LogP contribution is 2.25. The molecule has 0 radical (unpaired) electrons. The van der Waals surface area contributed by atoms with Gasteiger partial charge in [0.1, 0.15) is 0 Å². The smallest absolute Gasteiger partial charge is 0.0637 e. The van der Waals surface area contributed by atoms with Crippen molar-refractivity contribution >= 4 is 0 Å². The Morgan fingerprint density at radius 1 is 1.24 bits per heavy atom. The standard InChI is InChI=1S/C14H28N2O/c1-4-15-13-5-6-17-10-14(13)16-8-11(2)7-12(3)9-16/h11-15H,4-10H2,1-3H3. The van der Waals surface area contributed by atoms with Gasteiger partial charge in [-0.2, -0.15) is 0 Å². The van der Waals surface area contributed by atoms with Gasteiger partial charge in [-0.3, -0.25) is 4.90 Å². The molecule has 0 aromatic rings. The number of hydrogen-bond acceptors (Lipinski definition) is 3. The lowest BCUT2D eigenvalue weighted by Crippen LogP contribution is -2.58. The number of hydrogen-bond donors (Lipinski definition) is 1. The second-order valence-corrected chi connectivity index (χ2v) is 6.00. The van der Waals surface area contributed by atoms with E-state index in [-0.39, 0.29) is 0 Å². The summed E-state index contributed by atoms with van der Waals surface area (Å²) in [6.45, 7) is 12.4. The van der Waals surface area contributed by atoms with Gasteiger partial charge in [-0.15, -0.1) is 0 Å². The van der Waals surface area contributed by atoms with Crippen LogP contribution in [0.5, 0.6) is 0 Å². The third-order valence-corrected chi connectivity index (χ3v) is 4.16. The van der Waals surface area contributed by atoms with Gasteiger partial charge in [0, 0.05) is 31.8 Å². The van der Waals surface area contributed by atoms with Crippen molar-refractivity contribution in [3.63, 3.8) is 0 Å². The topological polar surface area (TPSA) is 24.5 Å². The van der Waals surface area contributed by atoms with Crippen LogP contribution in [0.15, 0.2) is 0 Å². The number of nitrogens with one attached hydrogen (secondary N) is 1. The zero-order valence-corrected chi connectivity index (χ0v) is 11.6. The number of ether oxygens (including phenoxy) is 1. The van der Waals surface area contributed by atoms with Crippen molar-refractivity contribution in [2.75, 3.05) is 32.8 Å². The Morgan fingerprint density at radius 3 is 2.59 bits per heavy atom. The van der Waals surface area contributed by atoms with Crippen LogP contribution in [0.2, 0.25) is 0 Å². The Labute approximate surface area is 106 Å². The van der Waals surface area contributed by atoms with Crippen LogP contribution in [0, 0.1) is 11.8 Å². The Balaban J connectivity index is 1.97. The average Bonchev–Trinajstić information content (AvgIpc) is 2.29. The molecule has 0 aromatic carbocycles. The molecule has 100 valence electrons. The third kappa shape index (κ3) is 3.43. The highest BCUT2D eigenvalue weighted by Gasteiger charge is 2.33. The molecule has 0 aromatic heterocycles. The van der Waals surface area contributed by atoms with Crippen LogP contribution in [0.1, 0.15) is 33.6 Å². The molecule has 3 nitrogen and oxygen atoms in total. The summed E-state index contributed by atoms with van der Waals surface area (Å²) in [5, 5.41) is 3.64. The monoisotopic (exact) mass is 240 g/mol. The maximum atomic E-state index is 5.70. The Morgan fingerprint density at radius 2 is 1.94 bits per heavy atom. The van der Waals surface area contributed by atoms with Crippen LogP contribution in [0.3, 0.4) is 0 Å². The molecule has 2 saturated heterocycles. The van der Waals surface area contributed by atoms with Gasteiger partial charge in [0.2, 0.25) is 0 Å². The molecule has 2 fully saturated rings. The first kappa shape index (κ1) is 13.3. The van der Waals surface area contributed by atoms with Gasteiger partial charge >= 0.3 is 0 Å². The summed E-state index contributed by atoms with van der Waals surface area (Å²) in [5.74, 6) is 1.67. The molecule has 2 rings (SSSR count). The van der Waals surface area contributed by atoms with Crippen molar-refractivity contribution < 1.29 is 4.74 Å². The van der Waals surface area contributed by atoms with Crippen LogP contribution < -0.4 is 5.32 Å². The summed E-state index contributed by atoms with van der Waals surface area (Å²) >= 11 is 0. The average molecular weight is 240 g/mol. The van der Waals surface area contributed by atoms with E-state index >= 15 is 0 Å². The van der Waals surface area contributed by atoms with Gasteiger partial charge in [0.15, 0.2) is 0 Å². The van der Waals surface area contributed by atoms with E-state index < -0.39 is 0 Å². The molecule has 1 N–H and O–H groups in total. The quantitative estimate of drug-likeness (QED) is 0.813. The fourth-order valence-electron chi connectivity index (χ4n) is 3.57. The molecule has 2 heterocycles. The molecule has 4 atom stereocenters. The van der Waals surface area contributed by atoms with E-state index in [2.05, 4.69) is 31.0 Å². The van der Waals surface area contributed by atoms with Crippen LogP contribution in [-0.2, 0) is 4.74 Å². The Bertz CT molecular complexity index is 222. The molecule has 0 aliphatic carbocycles. The first-order chi connectivity index (χ1) is 8.20. The van der Waals surface area contributed by atoms with Crippen molar-refractivity contribution in [1.82, 2.24) is 10.2 Å². The minimum atomic E-state index is 0.592. The van der Waals surface area contributed by atoms with Crippen molar-refractivity contribution in [1.29, 1.82) is 0 Å². The maximum Gasteiger partial charge on any atom is 0.0637 e. The van der Waals surface area contributed by atoms with Crippen molar-refractivity contribution in [2.24, 2.45) is 11.8 Å². The first-order valence-corrected chi connectivity index (χ1v) is 7.25. The minimum absolute atomic E-state index is 0.592. The van der Waals surface area contributed by atoms with Crippen molar-refractivity contribution in [3.05, 3.63) is 0 Å². The zero-order valence-electron chi connectivity index (χ0n) is 11.6. The summed E-state index contributed by atoms with van der Waals surface area (Å²) in [7, 11) is 0. The normalized spacial score (nSPS) is 40.4. The summed E-state index contributed by atoms with van der Waals surface area (Å²) < 4.78 is 5.70. The van der Waals surface area contributed by atoms with E-state index in [0.717, 1.165) is 38.0 Å². The van der Waals surface area contributed by atoms with Crippen LogP contribution in [0.4, 0.5) is 0 Å². The third-order valence-electron chi connectivity index (χ3n) is 4.16. The van der Waals surface area contributed by atoms with E-state index in [1.54, 1.807) is 0 Å². The van der Waals surface area contributed by atoms with E-state index in [0.29, 0.717) is 12.1 Å². The molecule has 2 aliphatic heterocycles. The predicted octanol–water partition coefficient (Wildman–Crippen LogP) is 1.73. The van der Waals surface area contributed by atoms with Crippen LogP contribution >= 0.6 is 0 Å². The number of nitrogens with zero attached hydrogens (tertiary/aromatic N) is 1. The summed E-state index contributed by atoms with van der Waals surface area (Å²) in [4.78, 5) is 2.67. The van der Waals surface area contributed by atoms with Gasteiger partial charge < -0.3 is 10.1 Å². The lowest BCUT2D eigenvalue weighted by Gasteiger charge is -2.45. The minimum Gasteiger partial charge on any atom is -0.380 e. The van der Waals surface area contributed by atoms with E-state index in [9.17, 15) is 0 Å². The SMILES string of the molecule is CCNC1CCOCC1N1CC(C)CC(C)C1. The van der Waals surface area contributed by atoms with E-state index in [4.69, 9.17) is 4.74 Å². The Hall–Kier alpha value is -0.120. The van der Waals surface area contributed by atoms with E-state index in [1.165, 1.54) is 19.5 Å². The highest BCUT2D eigenvalue weighted by molar-refractivity contribution is 4.90. The molecule has 0 saturated carbocycles. The van der Waals surface area contributed by atoms with Crippen LogP contribution in [0.25, 0.3) is 0 Å². The van der Waals surface area contributed by atoms with Gasteiger partial charge in [-0.1, -0.05) is 20.8 Å². The molecular weight excluding hydrogens is 212 g/mol. The molecule has 3 heteroatoms. The molecule has 4 unspecified atom stereocenters. The first-order valence-electron chi connectivity index (χ1n) is 7.25. The fourth-order valence-corrected chi connectivity index (χ4v) is 3.57. The van der Waals surface area contributed by atoms with Gasteiger partial charge in [-0.05, 0) is 31.2 Å². The van der Waals surface area contributed by atoms with Crippen molar-refractivity contribution in [3.8, 4) is 0 Å². The Kier molecular flexibility index (Phi) is 4.83. The lowest BCUT2D eigenvalue weighted by molar-refractivity contribution is -0.0244. The number of rotatable bonds is 3. The maximum absolute atomic E-state index is 5.70. The van der Waals surface area contributed by atoms with Crippen LogP contribution in [-0.4, -0.2) is 49.8 Å². The summed E-state index contributed by atoms with van der Waals surface area (Å²) in [6, 6.07) is 1.22. The number of likely N-dealkylation sites (N-methyl/N-ethyl adjacent to an activating group) is 1. The second kappa shape index (κ2) is 6.17. The molecule has 0 amide bonds. The van der Waals surface area contributed by atoms with Crippen molar-refractivity contribution in [2.45, 2.75) is 45.7 Å². The fraction of sp³-hybridized carbons (Fsp3) is 1.00. The van der Waals surface area contributed by atoms with Gasteiger partial charge in [0.25, 0.3) is 0 Å². The van der Waals surface area contributed by atoms with Gasteiger partial charge in [-0.25, -0.2) is 0 Å². The summed E-state index contributed by atoms with van der Waals surface area (Å²) in [5.41, 5.74) is 0. The molecular formula is C14H28N2O. The second-order valence-electron chi connectivity index (χ2n) is 6.00. The molecule has 17 heavy (non-hydrogen) atoms. The van der Waals surface area contributed by atoms with E-state index in [1.807, 2.05) is 0 Å². The summed E-state index contributed by atoms with van der Waals surface area (Å²) in [6.07, 6.45) is 2.55. The predicted molar refractivity (Wildman–Crippen MR) is 71.2 cm³/mol. The molecule has 2 aliphatic rings. The highest BCUT2D eigenvalue weighted by atomic mass is 16.5. The number of piperidine rings is 1. The molecule has 0 bridgehead atoms. The molecule has 0 spiro atoms. The lowest BCUT2D eigenvalue weighted by atomic mass is 9.89. The largest absolute Gasteiger partial charge is 0.380 e.